The van der Waals surface area contributed by atoms with Crippen molar-refractivity contribution in [3.05, 3.63) is 53.6 Å². The normalized spacial score (nSPS) is 15.5. The number of nitrogens with zero attached hydrogens (tertiary/aromatic N) is 4. The zero-order valence-electron chi connectivity index (χ0n) is 14.3. The monoisotopic (exact) mass is 330 g/mol. The molecule has 1 aromatic carbocycles. The maximum absolute atomic E-state index is 13.6. The van der Waals surface area contributed by atoms with Crippen LogP contribution in [0.2, 0.25) is 0 Å². The lowest BCUT2D eigenvalue weighted by atomic mass is 10.0. The van der Waals surface area contributed by atoms with E-state index in [0.717, 1.165) is 18.4 Å². The first-order valence-corrected chi connectivity index (χ1v) is 8.15. The Kier molecular flexibility index (Phi) is 4.66. The number of aryl methyl sites for hydroxylation is 1. The van der Waals surface area contributed by atoms with E-state index in [0.29, 0.717) is 12.1 Å². The molecule has 0 saturated heterocycles. The molecule has 0 aliphatic heterocycles. The first-order chi connectivity index (χ1) is 11.5. The summed E-state index contributed by atoms with van der Waals surface area (Å²) < 4.78 is 15.4. The van der Waals surface area contributed by atoms with Gasteiger partial charge in [0.05, 0.1) is 6.20 Å². The molecule has 2 aromatic rings. The quantitative estimate of drug-likeness (QED) is 0.816. The number of carbonyl (C=O) groups is 1. The predicted octanol–water partition coefficient (Wildman–Crippen LogP) is 2.35. The number of likely N-dealkylation sites (N-methyl/N-ethyl adjacent to an activating group) is 1. The Morgan fingerprint density at radius 3 is 2.71 bits per heavy atom. The summed E-state index contributed by atoms with van der Waals surface area (Å²) in [5.41, 5.74) is 1.69. The van der Waals surface area contributed by atoms with Crippen molar-refractivity contribution in [1.82, 2.24) is 19.6 Å². The molecule has 0 spiro atoms. The van der Waals surface area contributed by atoms with Crippen LogP contribution in [0, 0.1) is 5.82 Å². The van der Waals surface area contributed by atoms with Gasteiger partial charge in [0, 0.05) is 31.4 Å². The van der Waals surface area contributed by atoms with Gasteiger partial charge in [-0.05, 0) is 44.6 Å². The number of aromatic nitrogens is 2. The fourth-order valence-electron chi connectivity index (χ4n) is 3.02. The largest absolute Gasteiger partial charge is 0.334 e. The van der Waals surface area contributed by atoms with Gasteiger partial charge in [-0.2, -0.15) is 5.10 Å². The summed E-state index contributed by atoms with van der Waals surface area (Å²) in [6.07, 6.45) is 5.76. The Morgan fingerprint density at radius 2 is 2.17 bits per heavy atom. The topological polar surface area (TPSA) is 41.4 Å². The minimum atomic E-state index is -0.488. The van der Waals surface area contributed by atoms with Gasteiger partial charge in [-0.3, -0.25) is 14.4 Å². The van der Waals surface area contributed by atoms with Gasteiger partial charge in [-0.15, -0.1) is 0 Å². The third-order valence-electron chi connectivity index (χ3n) is 4.30. The van der Waals surface area contributed by atoms with Crippen molar-refractivity contribution >= 4 is 5.91 Å². The molecule has 1 aliphatic rings. The van der Waals surface area contributed by atoms with Crippen LogP contribution in [0.3, 0.4) is 0 Å². The number of carbonyl (C=O) groups excluding carboxylic acids is 1. The molecule has 3 rings (SSSR count). The molecule has 1 amide bonds. The van der Waals surface area contributed by atoms with E-state index < -0.39 is 6.04 Å². The minimum Gasteiger partial charge on any atom is -0.334 e. The molecule has 0 radical (unpaired) electrons. The smallest absolute Gasteiger partial charge is 0.245 e. The summed E-state index contributed by atoms with van der Waals surface area (Å²) in [6.45, 7) is 0.539. The Morgan fingerprint density at radius 1 is 1.42 bits per heavy atom. The molecule has 0 N–H and O–H groups in total. The van der Waals surface area contributed by atoms with Crippen molar-refractivity contribution in [2.75, 3.05) is 14.1 Å². The lowest BCUT2D eigenvalue weighted by Gasteiger charge is -2.31. The predicted molar refractivity (Wildman–Crippen MR) is 89.6 cm³/mol. The van der Waals surface area contributed by atoms with Gasteiger partial charge in [-0.1, -0.05) is 12.1 Å². The number of hydrogen-bond acceptors (Lipinski definition) is 3. The Labute approximate surface area is 141 Å². The van der Waals surface area contributed by atoms with Gasteiger partial charge in [0.15, 0.2) is 0 Å². The second kappa shape index (κ2) is 6.73. The van der Waals surface area contributed by atoms with E-state index in [1.807, 2.05) is 37.1 Å². The highest BCUT2D eigenvalue weighted by Gasteiger charge is 2.37. The van der Waals surface area contributed by atoms with Crippen molar-refractivity contribution in [3.8, 4) is 0 Å². The van der Waals surface area contributed by atoms with Crippen LogP contribution in [-0.4, -0.2) is 45.6 Å². The highest BCUT2D eigenvalue weighted by molar-refractivity contribution is 5.83. The molecule has 1 aliphatic carbocycles. The van der Waals surface area contributed by atoms with E-state index in [1.165, 1.54) is 12.1 Å². The zero-order chi connectivity index (χ0) is 17.3. The van der Waals surface area contributed by atoms with Crippen LogP contribution >= 0.6 is 0 Å². The van der Waals surface area contributed by atoms with Crippen LogP contribution in [0.25, 0.3) is 0 Å². The fourth-order valence-corrected chi connectivity index (χ4v) is 3.02. The lowest BCUT2D eigenvalue weighted by Crippen LogP contribution is -2.41. The van der Waals surface area contributed by atoms with Crippen molar-refractivity contribution in [2.45, 2.75) is 31.5 Å². The molecule has 1 heterocycles. The van der Waals surface area contributed by atoms with Gasteiger partial charge in [0.2, 0.25) is 5.91 Å². The second-order valence-corrected chi connectivity index (χ2v) is 6.64. The van der Waals surface area contributed by atoms with E-state index in [-0.39, 0.29) is 17.8 Å². The minimum absolute atomic E-state index is 0.0111. The van der Waals surface area contributed by atoms with Crippen LogP contribution < -0.4 is 0 Å². The number of rotatable bonds is 6. The van der Waals surface area contributed by atoms with Crippen molar-refractivity contribution in [3.63, 3.8) is 0 Å². The lowest BCUT2D eigenvalue weighted by molar-refractivity contribution is -0.137. The van der Waals surface area contributed by atoms with E-state index in [9.17, 15) is 9.18 Å². The third kappa shape index (κ3) is 3.64. The molecule has 5 nitrogen and oxygen atoms in total. The first kappa shape index (κ1) is 16.6. The standard InChI is InChI=1S/C18H23FN4O/c1-21(2)17(14-5-4-6-15(19)9-14)18(24)23(16-7-8-16)12-13-10-20-22(3)11-13/h4-6,9-11,16-17H,7-8,12H2,1-3H3. The van der Waals surface area contributed by atoms with Crippen LogP contribution in [0.1, 0.15) is 30.0 Å². The molecule has 1 saturated carbocycles. The summed E-state index contributed by atoms with van der Waals surface area (Å²) >= 11 is 0. The van der Waals surface area contributed by atoms with Crippen LogP contribution in [0.4, 0.5) is 4.39 Å². The third-order valence-corrected chi connectivity index (χ3v) is 4.30. The highest BCUT2D eigenvalue weighted by Crippen LogP contribution is 2.32. The molecule has 128 valence electrons. The summed E-state index contributed by atoms with van der Waals surface area (Å²) in [5, 5.41) is 4.18. The number of benzene rings is 1. The molecule has 1 aromatic heterocycles. The number of hydrogen-bond donors (Lipinski definition) is 0. The summed E-state index contributed by atoms with van der Waals surface area (Å²) in [4.78, 5) is 17.0. The summed E-state index contributed by atoms with van der Waals surface area (Å²) in [7, 11) is 5.56. The molecule has 1 unspecified atom stereocenters. The molecule has 0 bridgehead atoms. The Bertz CT molecular complexity index is 723. The average molecular weight is 330 g/mol. The highest BCUT2D eigenvalue weighted by atomic mass is 19.1. The maximum atomic E-state index is 13.6. The van der Waals surface area contributed by atoms with Gasteiger partial charge in [0.1, 0.15) is 11.9 Å². The molecule has 1 atom stereocenters. The van der Waals surface area contributed by atoms with E-state index in [1.54, 1.807) is 23.0 Å². The van der Waals surface area contributed by atoms with Crippen LogP contribution in [-0.2, 0) is 18.4 Å². The molecular formula is C18H23FN4O. The van der Waals surface area contributed by atoms with E-state index in [4.69, 9.17) is 0 Å². The Balaban J connectivity index is 1.86. The summed E-state index contributed by atoms with van der Waals surface area (Å²) in [6, 6.07) is 6.08. The van der Waals surface area contributed by atoms with E-state index >= 15 is 0 Å². The van der Waals surface area contributed by atoms with E-state index in [2.05, 4.69) is 5.10 Å². The van der Waals surface area contributed by atoms with Crippen molar-refractivity contribution < 1.29 is 9.18 Å². The van der Waals surface area contributed by atoms with Gasteiger partial charge in [-0.25, -0.2) is 4.39 Å². The fraction of sp³-hybridized carbons (Fsp3) is 0.444. The second-order valence-electron chi connectivity index (χ2n) is 6.64. The number of halogens is 1. The van der Waals surface area contributed by atoms with Gasteiger partial charge in [0.25, 0.3) is 0 Å². The van der Waals surface area contributed by atoms with Gasteiger partial charge < -0.3 is 4.90 Å². The molecule has 6 heteroatoms. The number of amides is 1. The molecule has 1 fully saturated rings. The Hall–Kier alpha value is -2.21. The zero-order valence-corrected chi connectivity index (χ0v) is 14.3. The average Bonchev–Trinajstić information content (AvgIpc) is 3.27. The van der Waals surface area contributed by atoms with Crippen molar-refractivity contribution in [1.29, 1.82) is 0 Å². The van der Waals surface area contributed by atoms with Crippen LogP contribution in [0.5, 0.6) is 0 Å². The SMILES string of the molecule is CN(C)C(C(=O)N(Cc1cnn(C)c1)C1CC1)c1cccc(F)c1. The molecular weight excluding hydrogens is 307 g/mol. The van der Waals surface area contributed by atoms with Crippen molar-refractivity contribution in [2.24, 2.45) is 7.05 Å². The van der Waals surface area contributed by atoms with Crippen LogP contribution in [0.15, 0.2) is 36.7 Å². The van der Waals surface area contributed by atoms with Gasteiger partial charge >= 0.3 is 0 Å². The summed E-state index contributed by atoms with van der Waals surface area (Å²) in [5.74, 6) is -0.311. The maximum Gasteiger partial charge on any atom is 0.245 e. The first-order valence-electron chi connectivity index (χ1n) is 8.15. The molecule has 24 heavy (non-hydrogen) atoms.